The number of hydrogen-bond acceptors (Lipinski definition) is 3. The Labute approximate surface area is 212 Å². The number of aliphatic hydroxyl groups is 1. The SMILES string of the molecule is CC(C)c1cccc(C2(NC[C@@H](O)[C@H](Cc3cc(F)cc(F)c3)NC(=O)CF)CCCCC2)c1.Cl. The minimum atomic E-state index is -1.24. The van der Waals surface area contributed by atoms with Gasteiger partial charge in [0, 0.05) is 18.2 Å². The third-order valence-corrected chi connectivity index (χ3v) is 6.77. The number of alkyl halides is 1. The highest BCUT2D eigenvalue weighted by Crippen LogP contribution is 2.38. The molecule has 2 aromatic rings. The lowest BCUT2D eigenvalue weighted by atomic mass is 9.75. The summed E-state index contributed by atoms with van der Waals surface area (Å²) in [5, 5.41) is 17.0. The van der Waals surface area contributed by atoms with E-state index in [1.807, 2.05) is 0 Å². The van der Waals surface area contributed by atoms with Gasteiger partial charge in [0.05, 0.1) is 12.1 Å². The summed E-state index contributed by atoms with van der Waals surface area (Å²) in [5.41, 5.74) is 2.37. The van der Waals surface area contributed by atoms with Crippen molar-refractivity contribution in [2.45, 2.75) is 76.0 Å². The molecule has 2 aromatic carbocycles. The van der Waals surface area contributed by atoms with E-state index in [2.05, 4.69) is 48.7 Å². The number of amides is 1. The summed E-state index contributed by atoms with van der Waals surface area (Å²) < 4.78 is 40.2. The van der Waals surface area contributed by atoms with Crippen molar-refractivity contribution in [1.82, 2.24) is 10.6 Å². The van der Waals surface area contributed by atoms with E-state index >= 15 is 0 Å². The van der Waals surface area contributed by atoms with Crippen molar-refractivity contribution >= 4 is 18.3 Å². The Hall–Kier alpha value is -2.09. The first kappa shape index (κ1) is 29.1. The van der Waals surface area contributed by atoms with Gasteiger partial charge in [0.25, 0.3) is 5.91 Å². The number of hydrogen-bond donors (Lipinski definition) is 3. The molecule has 3 rings (SSSR count). The van der Waals surface area contributed by atoms with Crippen molar-refractivity contribution in [3.05, 3.63) is 70.8 Å². The highest BCUT2D eigenvalue weighted by atomic mass is 35.5. The Balaban J connectivity index is 0.00000432. The van der Waals surface area contributed by atoms with Gasteiger partial charge in [-0.25, -0.2) is 13.2 Å². The average Bonchev–Trinajstić information content (AvgIpc) is 2.82. The molecule has 1 aliphatic rings. The molecule has 1 fully saturated rings. The van der Waals surface area contributed by atoms with Crippen LogP contribution >= 0.6 is 12.4 Å². The molecular formula is C27H36ClF3N2O2. The number of carbonyl (C=O) groups is 1. The summed E-state index contributed by atoms with van der Waals surface area (Å²) >= 11 is 0. The third kappa shape index (κ3) is 7.95. The standard InChI is InChI=1S/C27H35F3N2O2.ClH/c1-18(2)20-7-6-8-21(14-20)27(9-4-3-5-10-27)31-17-25(33)24(32-26(34)16-28)13-19-11-22(29)15-23(30)12-19;/h6-8,11-12,14-15,18,24-25,31,33H,3-5,9-10,13,16-17H2,1-2H3,(H,32,34);1H/t24-,25+;/m0./s1. The Morgan fingerprint density at radius 3 is 2.31 bits per heavy atom. The zero-order chi connectivity index (χ0) is 24.7. The number of nitrogens with one attached hydrogen (secondary N) is 2. The zero-order valence-corrected chi connectivity index (χ0v) is 21.1. The maximum absolute atomic E-state index is 13.7. The smallest absolute Gasteiger partial charge is 0.251 e. The molecule has 0 radical (unpaired) electrons. The van der Waals surface area contributed by atoms with Crippen LogP contribution in [0.1, 0.15) is 68.6 Å². The topological polar surface area (TPSA) is 61.4 Å². The molecule has 0 aromatic heterocycles. The molecule has 35 heavy (non-hydrogen) atoms. The summed E-state index contributed by atoms with van der Waals surface area (Å²) in [6, 6.07) is 10.6. The van der Waals surface area contributed by atoms with E-state index in [1.165, 1.54) is 11.1 Å². The van der Waals surface area contributed by atoms with Crippen LogP contribution in [0.4, 0.5) is 13.2 Å². The summed E-state index contributed by atoms with van der Waals surface area (Å²) in [6.45, 7) is 3.20. The van der Waals surface area contributed by atoms with E-state index in [1.54, 1.807) is 0 Å². The third-order valence-electron chi connectivity index (χ3n) is 6.77. The minimum absolute atomic E-state index is 0. The fraction of sp³-hybridized carbons (Fsp3) is 0.519. The van der Waals surface area contributed by atoms with E-state index in [9.17, 15) is 23.1 Å². The lowest BCUT2D eigenvalue weighted by Gasteiger charge is -2.40. The Morgan fingerprint density at radius 2 is 1.71 bits per heavy atom. The maximum Gasteiger partial charge on any atom is 0.251 e. The van der Waals surface area contributed by atoms with E-state index < -0.39 is 36.4 Å². The molecule has 0 aliphatic heterocycles. The molecule has 8 heteroatoms. The fourth-order valence-electron chi connectivity index (χ4n) is 4.87. The largest absolute Gasteiger partial charge is 0.390 e. The lowest BCUT2D eigenvalue weighted by Crippen LogP contribution is -2.53. The van der Waals surface area contributed by atoms with Crippen molar-refractivity contribution in [3.63, 3.8) is 0 Å². The number of aliphatic hydroxyl groups excluding tert-OH is 1. The van der Waals surface area contributed by atoms with Gasteiger partial charge in [0.2, 0.25) is 0 Å². The average molecular weight is 513 g/mol. The molecule has 0 spiro atoms. The van der Waals surface area contributed by atoms with E-state index in [-0.39, 0.29) is 36.5 Å². The fourth-order valence-corrected chi connectivity index (χ4v) is 4.87. The van der Waals surface area contributed by atoms with Crippen LogP contribution in [0, 0.1) is 11.6 Å². The van der Waals surface area contributed by atoms with Crippen LogP contribution in [0.5, 0.6) is 0 Å². The van der Waals surface area contributed by atoms with Crippen molar-refractivity contribution in [2.75, 3.05) is 13.2 Å². The van der Waals surface area contributed by atoms with E-state index in [4.69, 9.17) is 0 Å². The van der Waals surface area contributed by atoms with Crippen LogP contribution < -0.4 is 10.6 Å². The Morgan fingerprint density at radius 1 is 1.06 bits per heavy atom. The van der Waals surface area contributed by atoms with Crippen LogP contribution in [0.15, 0.2) is 42.5 Å². The van der Waals surface area contributed by atoms with Gasteiger partial charge in [-0.2, -0.15) is 0 Å². The lowest BCUT2D eigenvalue weighted by molar-refractivity contribution is -0.123. The predicted molar refractivity (Wildman–Crippen MR) is 135 cm³/mol. The first-order valence-electron chi connectivity index (χ1n) is 12.1. The second-order valence-corrected chi connectivity index (χ2v) is 9.66. The van der Waals surface area contributed by atoms with E-state index in [0.717, 1.165) is 50.3 Å². The summed E-state index contributed by atoms with van der Waals surface area (Å²) in [7, 11) is 0. The second-order valence-electron chi connectivity index (χ2n) is 9.66. The molecule has 194 valence electrons. The Kier molecular flexibility index (Phi) is 11.1. The summed E-state index contributed by atoms with van der Waals surface area (Å²) in [4.78, 5) is 11.8. The van der Waals surface area contributed by atoms with Gasteiger partial charge in [0.1, 0.15) is 11.6 Å². The second kappa shape index (κ2) is 13.3. The van der Waals surface area contributed by atoms with Crippen molar-refractivity contribution < 1.29 is 23.1 Å². The first-order chi connectivity index (χ1) is 16.2. The number of halogens is 4. The number of carbonyl (C=O) groups excluding carboxylic acids is 1. The van der Waals surface area contributed by atoms with Crippen molar-refractivity contribution in [2.24, 2.45) is 0 Å². The van der Waals surface area contributed by atoms with Gasteiger partial charge in [-0.05, 0) is 54.0 Å². The van der Waals surface area contributed by atoms with Crippen LogP contribution in [-0.4, -0.2) is 36.4 Å². The number of rotatable bonds is 10. The van der Waals surface area contributed by atoms with Crippen molar-refractivity contribution in [1.29, 1.82) is 0 Å². The predicted octanol–water partition coefficient (Wildman–Crippen LogP) is 5.32. The molecular weight excluding hydrogens is 477 g/mol. The van der Waals surface area contributed by atoms with Gasteiger partial charge in [-0.1, -0.05) is 57.4 Å². The highest BCUT2D eigenvalue weighted by Gasteiger charge is 2.35. The van der Waals surface area contributed by atoms with Gasteiger partial charge in [-0.3, -0.25) is 4.79 Å². The first-order valence-corrected chi connectivity index (χ1v) is 12.1. The maximum atomic E-state index is 13.7. The van der Waals surface area contributed by atoms with Gasteiger partial charge in [-0.15, -0.1) is 12.4 Å². The molecule has 0 heterocycles. The molecule has 1 amide bonds. The van der Waals surface area contributed by atoms with Crippen molar-refractivity contribution in [3.8, 4) is 0 Å². The van der Waals surface area contributed by atoms with Gasteiger partial charge < -0.3 is 15.7 Å². The summed E-state index contributed by atoms with van der Waals surface area (Å²) in [5.74, 6) is -1.98. The van der Waals surface area contributed by atoms with Crippen LogP contribution in [-0.2, 0) is 16.8 Å². The molecule has 1 aliphatic carbocycles. The molecule has 3 N–H and O–H groups in total. The molecule has 0 saturated heterocycles. The van der Waals surface area contributed by atoms with Gasteiger partial charge in [0.15, 0.2) is 6.67 Å². The molecule has 2 atom stereocenters. The van der Waals surface area contributed by atoms with Crippen LogP contribution in [0.2, 0.25) is 0 Å². The summed E-state index contributed by atoms with van der Waals surface area (Å²) in [6.07, 6.45) is 3.97. The van der Waals surface area contributed by atoms with Crippen LogP contribution in [0.3, 0.4) is 0 Å². The van der Waals surface area contributed by atoms with Crippen LogP contribution in [0.25, 0.3) is 0 Å². The molecule has 4 nitrogen and oxygen atoms in total. The zero-order valence-electron chi connectivity index (χ0n) is 20.3. The van der Waals surface area contributed by atoms with Gasteiger partial charge >= 0.3 is 0 Å². The molecule has 1 saturated carbocycles. The molecule has 0 bridgehead atoms. The normalized spacial score (nSPS) is 16.9. The number of benzene rings is 2. The quantitative estimate of drug-likeness (QED) is 0.404. The Bertz CT molecular complexity index is 947. The minimum Gasteiger partial charge on any atom is -0.390 e. The van der Waals surface area contributed by atoms with E-state index in [0.29, 0.717) is 5.92 Å². The highest BCUT2D eigenvalue weighted by molar-refractivity contribution is 5.85. The monoisotopic (exact) mass is 512 g/mol. The molecule has 0 unspecified atom stereocenters.